The molecule has 2 amide bonds. The number of hydrogen-bond donors (Lipinski definition) is 1. The molecular formula is C12H22N2O4S. The minimum atomic E-state index is -2.95. The van der Waals surface area contributed by atoms with E-state index >= 15 is 0 Å². The number of sulfone groups is 1. The van der Waals surface area contributed by atoms with Gasteiger partial charge in [0, 0.05) is 31.7 Å². The van der Waals surface area contributed by atoms with Crippen molar-refractivity contribution in [3.05, 3.63) is 0 Å². The molecule has 2 rings (SSSR count). The first-order chi connectivity index (χ1) is 9.00. The molecule has 7 heteroatoms. The molecule has 2 atom stereocenters. The zero-order valence-corrected chi connectivity index (χ0v) is 12.1. The summed E-state index contributed by atoms with van der Waals surface area (Å²) in [7, 11) is -2.95. The summed E-state index contributed by atoms with van der Waals surface area (Å²) in [5.41, 5.74) is 0. The summed E-state index contributed by atoms with van der Waals surface area (Å²) in [6, 6.07) is -0.386. The molecule has 110 valence electrons. The first-order valence-corrected chi connectivity index (χ1v) is 8.66. The average Bonchev–Trinajstić information content (AvgIpc) is 2.95. The maximum absolute atomic E-state index is 12.1. The minimum Gasteiger partial charge on any atom is -0.381 e. The number of urea groups is 1. The van der Waals surface area contributed by atoms with Gasteiger partial charge in [-0.3, -0.25) is 0 Å². The van der Waals surface area contributed by atoms with Crippen LogP contribution in [0.15, 0.2) is 0 Å². The van der Waals surface area contributed by atoms with Crippen LogP contribution in [-0.4, -0.2) is 63.2 Å². The van der Waals surface area contributed by atoms with Gasteiger partial charge in [0.15, 0.2) is 9.84 Å². The Bertz CT molecular complexity index is 417. The van der Waals surface area contributed by atoms with Gasteiger partial charge in [0.25, 0.3) is 0 Å². The molecule has 2 aliphatic rings. The normalized spacial score (nSPS) is 29.3. The first-order valence-electron chi connectivity index (χ1n) is 6.84. The van der Waals surface area contributed by atoms with Gasteiger partial charge in [0.1, 0.15) is 0 Å². The molecular weight excluding hydrogens is 268 g/mol. The van der Waals surface area contributed by atoms with Gasteiger partial charge in [-0.05, 0) is 19.8 Å². The lowest BCUT2D eigenvalue weighted by Gasteiger charge is -2.25. The Hall–Kier alpha value is -0.820. The number of hydrogen-bond acceptors (Lipinski definition) is 4. The zero-order valence-electron chi connectivity index (χ0n) is 11.3. The summed E-state index contributed by atoms with van der Waals surface area (Å²) in [5.74, 6) is 0.654. The number of rotatable bonds is 4. The molecule has 0 aliphatic carbocycles. The molecule has 0 aromatic heterocycles. The van der Waals surface area contributed by atoms with Gasteiger partial charge in [-0.1, -0.05) is 0 Å². The number of nitrogens with one attached hydrogen (secondary N) is 1. The second-order valence-corrected chi connectivity index (χ2v) is 7.55. The molecule has 2 aliphatic heterocycles. The number of carbonyl (C=O) groups is 1. The van der Waals surface area contributed by atoms with Crippen molar-refractivity contribution in [1.29, 1.82) is 0 Å². The summed E-state index contributed by atoms with van der Waals surface area (Å²) in [6.45, 7) is 4.72. The van der Waals surface area contributed by atoms with Gasteiger partial charge in [-0.25, -0.2) is 13.2 Å². The fourth-order valence-electron chi connectivity index (χ4n) is 2.57. The van der Waals surface area contributed by atoms with E-state index in [9.17, 15) is 13.2 Å². The van der Waals surface area contributed by atoms with Crippen molar-refractivity contribution in [2.75, 3.05) is 37.8 Å². The van der Waals surface area contributed by atoms with Crippen LogP contribution in [0.3, 0.4) is 0 Å². The third-order valence-electron chi connectivity index (χ3n) is 3.73. The number of ether oxygens (including phenoxy) is 1. The summed E-state index contributed by atoms with van der Waals surface area (Å²) in [5, 5.41) is 2.83. The van der Waals surface area contributed by atoms with E-state index < -0.39 is 9.84 Å². The van der Waals surface area contributed by atoms with E-state index in [1.165, 1.54) is 0 Å². The second-order valence-electron chi connectivity index (χ2n) is 5.32. The number of carbonyl (C=O) groups excluding carboxylic acids is 1. The number of amides is 2. The minimum absolute atomic E-state index is 0.0723. The highest BCUT2D eigenvalue weighted by atomic mass is 32.2. The maximum atomic E-state index is 12.1. The average molecular weight is 290 g/mol. The molecule has 0 aromatic rings. The van der Waals surface area contributed by atoms with E-state index in [1.54, 1.807) is 4.90 Å². The van der Waals surface area contributed by atoms with Crippen LogP contribution in [0.1, 0.15) is 19.8 Å². The lowest BCUT2D eigenvalue weighted by Crippen LogP contribution is -2.47. The molecule has 6 nitrogen and oxygen atoms in total. The monoisotopic (exact) mass is 290 g/mol. The van der Waals surface area contributed by atoms with Gasteiger partial charge >= 0.3 is 6.03 Å². The van der Waals surface area contributed by atoms with E-state index in [0.717, 1.165) is 13.0 Å². The maximum Gasteiger partial charge on any atom is 0.317 e. The lowest BCUT2D eigenvalue weighted by atomic mass is 10.1. The van der Waals surface area contributed by atoms with Crippen LogP contribution >= 0.6 is 0 Å². The highest BCUT2D eigenvalue weighted by Crippen LogP contribution is 2.15. The Morgan fingerprint density at radius 2 is 2.21 bits per heavy atom. The summed E-state index contributed by atoms with van der Waals surface area (Å²) in [6.07, 6.45) is 1.51. The molecule has 2 heterocycles. The molecule has 0 bridgehead atoms. The summed E-state index contributed by atoms with van der Waals surface area (Å²) >= 11 is 0. The van der Waals surface area contributed by atoms with Crippen molar-refractivity contribution in [3.8, 4) is 0 Å². The highest BCUT2D eigenvalue weighted by Gasteiger charge is 2.30. The highest BCUT2D eigenvalue weighted by molar-refractivity contribution is 7.91. The quantitative estimate of drug-likeness (QED) is 0.805. The van der Waals surface area contributed by atoms with Gasteiger partial charge < -0.3 is 15.0 Å². The van der Waals surface area contributed by atoms with E-state index in [0.29, 0.717) is 32.0 Å². The molecule has 2 fully saturated rings. The smallest absolute Gasteiger partial charge is 0.317 e. The fourth-order valence-corrected chi connectivity index (χ4v) is 4.24. The zero-order chi connectivity index (χ0) is 13.9. The lowest BCUT2D eigenvalue weighted by molar-refractivity contribution is 0.165. The standard InChI is InChI=1S/C12H22N2O4S/c1-2-14(7-10-3-5-18-8-10)12(15)13-11-4-6-19(16,17)9-11/h10-11H,2-9H2,1H3,(H,13,15)/t10-,11-/m1/s1. The van der Waals surface area contributed by atoms with E-state index in [-0.39, 0.29) is 23.6 Å². The van der Waals surface area contributed by atoms with Crippen molar-refractivity contribution in [2.45, 2.75) is 25.8 Å². The van der Waals surface area contributed by atoms with E-state index in [1.807, 2.05) is 6.92 Å². The Morgan fingerprint density at radius 1 is 1.42 bits per heavy atom. The third kappa shape index (κ3) is 4.07. The molecule has 19 heavy (non-hydrogen) atoms. The third-order valence-corrected chi connectivity index (χ3v) is 5.50. The van der Waals surface area contributed by atoms with Crippen LogP contribution in [-0.2, 0) is 14.6 Å². The SMILES string of the molecule is CCN(C[C@H]1CCOC1)C(=O)N[C@@H]1CCS(=O)(=O)C1. The van der Waals surface area contributed by atoms with Gasteiger partial charge in [-0.15, -0.1) is 0 Å². The largest absolute Gasteiger partial charge is 0.381 e. The van der Waals surface area contributed by atoms with Crippen LogP contribution in [0, 0.1) is 5.92 Å². The Morgan fingerprint density at radius 3 is 2.74 bits per heavy atom. The van der Waals surface area contributed by atoms with Crippen molar-refractivity contribution in [1.82, 2.24) is 10.2 Å². The molecule has 0 unspecified atom stereocenters. The van der Waals surface area contributed by atoms with Crippen molar-refractivity contribution < 1.29 is 17.9 Å². The summed E-state index contributed by atoms with van der Waals surface area (Å²) in [4.78, 5) is 13.8. The molecule has 0 aromatic carbocycles. The second kappa shape index (κ2) is 6.09. The van der Waals surface area contributed by atoms with Crippen LogP contribution < -0.4 is 5.32 Å². The van der Waals surface area contributed by atoms with Crippen molar-refractivity contribution in [3.63, 3.8) is 0 Å². The summed E-state index contributed by atoms with van der Waals surface area (Å²) < 4.78 is 28.0. The number of nitrogens with zero attached hydrogens (tertiary/aromatic N) is 1. The van der Waals surface area contributed by atoms with Crippen LogP contribution in [0.5, 0.6) is 0 Å². The fraction of sp³-hybridized carbons (Fsp3) is 0.917. The molecule has 0 spiro atoms. The molecule has 0 saturated carbocycles. The predicted molar refractivity (Wildman–Crippen MR) is 71.8 cm³/mol. The Labute approximate surface area is 114 Å². The van der Waals surface area contributed by atoms with E-state index in [4.69, 9.17) is 4.74 Å². The molecule has 2 saturated heterocycles. The van der Waals surface area contributed by atoms with Gasteiger partial charge in [0.05, 0.1) is 18.1 Å². The first kappa shape index (κ1) is 14.6. The Kier molecular flexibility index (Phi) is 4.67. The van der Waals surface area contributed by atoms with Crippen LogP contribution in [0.25, 0.3) is 0 Å². The van der Waals surface area contributed by atoms with Crippen molar-refractivity contribution >= 4 is 15.9 Å². The van der Waals surface area contributed by atoms with Gasteiger partial charge in [-0.2, -0.15) is 0 Å². The molecule has 0 radical (unpaired) electrons. The molecule has 1 N–H and O–H groups in total. The van der Waals surface area contributed by atoms with E-state index in [2.05, 4.69) is 5.32 Å². The van der Waals surface area contributed by atoms with Gasteiger partial charge in [0.2, 0.25) is 0 Å². The Balaban J connectivity index is 1.83. The van der Waals surface area contributed by atoms with Crippen LogP contribution in [0.2, 0.25) is 0 Å². The van der Waals surface area contributed by atoms with Crippen LogP contribution in [0.4, 0.5) is 4.79 Å². The predicted octanol–water partition coefficient (Wildman–Crippen LogP) is 0.242. The van der Waals surface area contributed by atoms with Crippen molar-refractivity contribution in [2.24, 2.45) is 5.92 Å². The topological polar surface area (TPSA) is 75.7 Å².